The summed E-state index contributed by atoms with van der Waals surface area (Å²) in [5.41, 5.74) is 0.718. The third-order valence-electron chi connectivity index (χ3n) is 3.16. The van der Waals surface area contributed by atoms with E-state index in [0.29, 0.717) is 15.7 Å². The molecule has 1 amide bonds. The molecule has 0 radical (unpaired) electrons. The molecule has 0 heterocycles. The maximum absolute atomic E-state index is 13.0. The number of anilines is 1. The first-order chi connectivity index (χ1) is 12.6. The number of alkyl halides is 3. The molecule has 0 unspecified atom stereocenters. The highest BCUT2D eigenvalue weighted by molar-refractivity contribution is 7.80. The van der Waals surface area contributed by atoms with E-state index in [1.807, 2.05) is 0 Å². The summed E-state index contributed by atoms with van der Waals surface area (Å²) in [6, 6.07) is 9.66. The van der Waals surface area contributed by atoms with E-state index >= 15 is 0 Å². The molecule has 0 aliphatic rings. The number of carbonyl (C=O) groups excluding carboxylic acids is 1. The smallest absolute Gasteiger partial charge is 0.252 e. The van der Waals surface area contributed by atoms with E-state index in [2.05, 4.69) is 16.0 Å². The number of benzene rings is 2. The lowest BCUT2D eigenvalue weighted by Crippen LogP contribution is -2.56. The predicted molar refractivity (Wildman–Crippen MR) is 114 cm³/mol. The maximum Gasteiger partial charge on any atom is 0.252 e. The third-order valence-corrected chi connectivity index (χ3v) is 4.78. The van der Waals surface area contributed by atoms with Crippen LogP contribution in [-0.2, 0) is 0 Å². The Morgan fingerprint density at radius 3 is 2.19 bits per heavy atom. The highest BCUT2D eigenvalue weighted by Gasteiger charge is 2.34. The molecule has 2 aromatic rings. The van der Waals surface area contributed by atoms with E-state index in [9.17, 15) is 9.18 Å². The molecular formula is C16H11Cl5FN3OS. The summed E-state index contributed by atoms with van der Waals surface area (Å²) in [4.78, 5) is 12.3. The molecule has 4 nitrogen and oxygen atoms in total. The van der Waals surface area contributed by atoms with Gasteiger partial charge in [0.05, 0.1) is 10.0 Å². The Labute approximate surface area is 185 Å². The van der Waals surface area contributed by atoms with E-state index < -0.39 is 21.7 Å². The molecular weight excluding hydrogens is 479 g/mol. The van der Waals surface area contributed by atoms with Crippen LogP contribution in [0.3, 0.4) is 0 Å². The zero-order valence-electron chi connectivity index (χ0n) is 13.2. The van der Waals surface area contributed by atoms with Crippen molar-refractivity contribution in [1.82, 2.24) is 10.6 Å². The number of amides is 1. The van der Waals surface area contributed by atoms with Crippen molar-refractivity contribution in [3.63, 3.8) is 0 Å². The summed E-state index contributed by atoms with van der Waals surface area (Å²) in [7, 11) is 0. The largest absolute Gasteiger partial charge is 0.339 e. The lowest BCUT2D eigenvalue weighted by Gasteiger charge is -2.27. The molecule has 0 aliphatic heterocycles. The number of thiocarbonyl (C=S) groups is 1. The van der Waals surface area contributed by atoms with Crippen LogP contribution in [0.5, 0.6) is 0 Å². The van der Waals surface area contributed by atoms with Gasteiger partial charge in [-0.2, -0.15) is 0 Å². The van der Waals surface area contributed by atoms with Crippen molar-refractivity contribution in [2.75, 3.05) is 5.32 Å². The molecule has 1 atom stereocenters. The van der Waals surface area contributed by atoms with Gasteiger partial charge in [0.15, 0.2) is 5.11 Å². The van der Waals surface area contributed by atoms with Crippen molar-refractivity contribution >= 4 is 86.9 Å². The van der Waals surface area contributed by atoms with Gasteiger partial charge in [0, 0.05) is 11.3 Å². The van der Waals surface area contributed by atoms with Gasteiger partial charge in [0.25, 0.3) is 5.91 Å². The molecule has 2 rings (SSSR count). The first-order valence-corrected chi connectivity index (χ1v) is 9.52. The number of hydrogen-bond acceptors (Lipinski definition) is 2. The second kappa shape index (κ2) is 9.45. The van der Waals surface area contributed by atoms with Crippen molar-refractivity contribution in [1.29, 1.82) is 0 Å². The fourth-order valence-corrected chi connectivity index (χ4v) is 2.75. The first-order valence-electron chi connectivity index (χ1n) is 7.22. The van der Waals surface area contributed by atoms with Crippen LogP contribution in [0.25, 0.3) is 0 Å². The Balaban J connectivity index is 2.07. The normalized spacial score (nSPS) is 12.2. The average Bonchev–Trinajstić information content (AvgIpc) is 2.57. The van der Waals surface area contributed by atoms with Gasteiger partial charge in [-0.25, -0.2) is 4.39 Å². The fraction of sp³-hybridized carbons (Fsp3) is 0.125. The van der Waals surface area contributed by atoms with Crippen LogP contribution >= 0.6 is 70.2 Å². The van der Waals surface area contributed by atoms with Gasteiger partial charge in [-0.15, -0.1) is 0 Å². The van der Waals surface area contributed by atoms with Crippen molar-refractivity contribution < 1.29 is 9.18 Å². The predicted octanol–water partition coefficient (Wildman–Crippen LogP) is 5.55. The molecule has 0 saturated carbocycles. The van der Waals surface area contributed by atoms with Crippen molar-refractivity contribution in [3.8, 4) is 0 Å². The summed E-state index contributed by atoms with van der Waals surface area (Å²) >= 11 is 34.7. The molecule has 0 aliphatic carbocycles. The first kappa shape index (κ1) is 22.3. The van der Waals surface area contributed by atoms with Crippen molar-refractivity contribution in [2.45, 2.75) is 9.96 Å². The Hall–Kier alpha value is -1.02. The minimum absolute atomic E-state index is 0.0594. The van der Waals surface area contributed by atoms with Gasteiger partial charge in [-0.1, -0.05) is 58.0 Å². The molecule has 2 aromatic carbocycles. The zero-order chi connectivity index (χ0) is 20.2. The van der Waals surface area contributed by atoms with Gasteiger partial charge in [-0.3, -0.25) is 4.79 Å². The summed E-state index contributed by atoms with van der Waals surface area (Å²) in [5, 5.41) is 8.78. The van der Waals surface area contributed by atoms with Crippen LogP contribution in [0.15, 0.2) is 42.5 Å². The molecule has 144 valence electrons. The summed E-state index contributed by atoms with van der Waals surface area (Å²) in [5.74, 6) is -1.06. The van der Waals surface area contributed by atoms with Crippen LogP contribution in [0.4, 0.5) is 10.1 Å². The average molecular weight is 490 g/mol. The van der Waals surface area contributed by atoms with E-state index in [0.717, 1.165) is 12.1 Å². The lowest BCUT2D eigenvalue weighted by molar-refractivity contribution is 0.0934. The van der Waals surface area contributed by atoms with Gasteiger partial charge in [-0.05, 0) is 54.7 Å². The summed E-state index contributed by atoms with van der Waals surface area (Å²) in [6.45, 7) is 0. The Morgan fingerprint density at radius 2 is 1.63 bits per heavy atom. The molecule has 3 N–H and O–H groups in total. The van der Waals surface area contributed by atoms with E-state index in [1.165, 1.54) is 12.1 Å². The Kier molecular flexibility index (Phi) is 7.80. The molecule has 0 bridgehead atoms. The number of halogens is 6. The number of carbonyl (C=O) groups is 1. The molecule has 0 spiro atoms. The molecule has 11 heteroatoms. The highest BCUT2D eigenvalue weighted by atomic mass is 35.6. The number of hydrogen-bond donors (Lipinski definition) is 3. The Bertz CT molecular complexity index is 845. The summed E-state index contributed by atoms with van der Waals surface area (Å²) in [6.07, 6.45) is -1.18. The van der Waals surface area contributed by atoms with Crippen LogP contribution < -0.4 is 16.0 Å². The zero-order valence-corrected chi connectivity index (χ0v) is 17.8. The second-order valence-corrected chi connectivity index (χ2v) is 8.77. The molecule has 0 fully saturated rings. The third kappa shape index (κ3) is 6.82. The van der Waals surface area contributed by atoms with Crippen LogP contribution in [0, 0.1) is 5.82 Å². The van der Waals surface area contributed by atoms with E-state index in [-0.39, 0.29) is 10.7 Å². The SMILES string of the molecule is O=C(N[C@@H](NC(=S)Nc1ccc(Cl)c(Cl)c1)C(Cl)(Cl)Cl)c1ccc(F)cc1. The molecule has 0 saturated heterocycles. The van der Waals surface area contributed by atoms with Gasteiger partial charge >= 0.3 is 0 Å². The minimum Gasteiger partial charge on any atom is -0.339 e. The van der Waals surface area contributed by atoms with Gasteiger partial charge < -0.3 is 16.0 Å². The standard InChI is InChI=1S/C16H11Cl5FN3OS/c17-11-6-5-10(7-12(11)18)23-15(27)25-14(16(19,20)21)24-13(26)8-1-3-9(22)4-2-8/h1-7,14H,(H,24,26)(H2,23,25,27)/t14-/m0/s1. The topological polar surface area (TPSA) is 53.2 Å². The van der Waals surface area contributed by atoms with Crippen LogP contribution in [0.2, 0.25) is 10.0 Å². The van der Waals surface area contributed by atoms with Crippen molar-refractivity contribution in [3.05, 3.63) is 63.9 Å². The molecule has 27 heavy (non-hydrogen) atoms. The maximum atomic E-state index is 13.0. The Morgan fingerprint density at radius 1 is 1.00 bits per heavy atom. The van der Waals surface area contributed by atoms with Crippen molar-refractivity contribution in [2.24, 2.45) is 0 Å². The van der Waals surface area contributed by atoms with Gasteiger partial charge in [0.1, 0.15) is 12.0 Å². The second-order valence-electron chi connectivity index (χ2n) is 5.18. The monoisotopic (exact) mass is 487 g/mol. The fourth-order valence-electron chi connectivity index (χ4n) is 1.89. The number of rotatable bonds is 4. The lowest BCUT2D eigenvalue weighted by atomic mass is 10.2. The minimum atomic E-state index is -1.93. The van der Waals surface area contributed by atoms with Crippen LogP contribution in [-0.4, -0.2) is 21.0 Å². The quantitative estimate of drug-likeness (QED) is 0.300. The van der Waals surface area contributed by atoms with Crippen LogP contribution in [0.1, 0.15) is 10.4 Å². The number of nitrogens with one attached hydrogen (secondary N) is 3. The summed E-state index contributed by atoms with van der Waals surface area (Å²) < 4.78 is 11.1. The van der Waals surface area contributed by atoms with E-state index in [1.54, 1.807) is 18.2 Å². The van der Waals surface area contributed by atoms with Gasteiger partial charge in [0.2, 0.25) is 3.79 Å². The molecule has 0 aromatic heterocycles. The van der Waals surface area contributed by atoms with E-state index in [4.69, 9.17) is 70.2 Å². The highest BCUT2D eigenvalue weighted by Crippen LogP contribution is 2.29.